The number of fused-ring (bicyclic) bond motifs is 1. The molecule has 1 N–H and O–H groups in total. The molecule has 0 radical (unpaired) electrons. The summed E-state index contributed by atoms with van der Waals surface area (Å²) >= 11 is 6.00. The van der Waals surface area contributed by atoms with Gasteiger partial charge in [0.05, 0.1) is 12.8 Å². The number of hydrogen-bond acceptors (Lipinski definition) is 3. The first-order valence-electron chi connectivity index (χ1n) is 11.4. The second-order valence-electron chi connectivity index (χ2n) is 8.45. The number of hydrogen-bond donors (Lipinski definition) is 1. The second kappa shape index (κ2) is 10.1. The molecule has 5 rings (SSSR count). The van der Waals surface area contributed by atoms with Crippen LogP contribution in [0.15, 0.2) is 102 Å². The highest BCUT2D eigenvalue weighted by Crippen LogP contribution is 2.36. The van der Waals surface area contributed by atoms with Crippen LogP contribution in [-0.4, -0.2) is 10.5 Å². The van der Waals surface area contributed by atoms with Crippen LogP contribution in [0.3, 0.4) is 0 Å². The zero-order valence-corrected chi connectivity index (χ0v) is 20.0. The van der Waals surface area contributed by atoms with Crippen molar-refractivity contribution >= 4 is 28.4 Å². The predicted octanol–water partition coefficient (Wildman–Crippen LogP) is 7.06. The number of carbonyl (C=O) groups excluding carboxylic acids is 1. The molecule has 0 aliphatic rings. The lowest BCUT2D eigenvalue weighted by Gasteiger charge is -2.18. The van der Waals surface area contributed by atoms with Gasteiger partial charge in [-0.15, -0.1) is 0 Å². The van der Waals surface area contributed by atoms with Gasteiger partial charge in [0.15, 0.2) is 0 Å². The third-order valence-corrected chi connectivity index (χ3v) is 6.29. The largest absolute Gasteiger partial charge is 0.467 e. The molecule has 35 heavy (non-hydrogen) atoms. The van der Waals surface area contributed by atoms with Crippen molar-refractivity contribution in [2.75, 3.05) is 0 Å². The lowest BCUT2D eigenvalue weighted by Crippen LogP contribution is -2.24. The first-order chi connectivity index (χ1) is 17.1. The molecule has 0 aliphatic heterocycles. The third-order valence-electron chi connectivity index (χ3n) is 6.04. The maximum absolute atomic E-state index is 13.0. The van der Waals surface area contributed by atoms with E-state index in [0.717, 1.165) is 27.8 Å². The van der Waals surface area contributed by atoms with E-state index in [4.69, 9.17) is 20.8 Å². The highest BCUT2D eigenvalue weighted by molar-refractivity contribution is 6.30. The van der Waals surface area contributed by atoms with E-state index in [-0.39, 0.29) is 11.8 Å². The summed E-state index contributed by atoms with van der Waals surface area (Å²) in [6, 6.07) is 27.1. The molecular weight excluding hydrogens is 460 g/mol. The number of ether oxygens (including phenoxy) is 1. The molecule has 0 spiro atoms. The first-order valence-corrected chi connectivity index (χ1v) is 11.8. The fourth-order valence-electron chi connectivity index (χ4n) is 4.35. The molecule has 1 unspecified atom stereocenters. The van der Waals surface area contributed by atoms with Gasteiger partial charge in [-0.05, 0) is 65.7 Å². The lowest BCUT2D eigenvalue weighted by molar-refractivity contribution is -0.121. The Morgan fingerprint density at radius 2 is 1.83 bits per heavy atom. The van der Waals surface area contributed by atoms with Gasteiger partial charge in [-0.25, -0.2) is 0 Å². The van der Waals surface area contributed by atoms with E-state index >= 15 is 0 Å². The smallest absolute Gasteiger partial charge is 0.221 e. The van der Waals surface area contributed by atoms with Crippen molar-refractivity contribution in [2.24, 2.45) is 7.05 Å². The lowest BCUT2D eigenvalue weighted by atomic mass is 9.88. The van der Waals surface area contributed by atoms with E-state index in [1.54, 1.807) is 18.4 Å². The molecule has 0 aliphatic carbocycles. The summed E-state index contributed by atoms with van der Waals surface area (Å²) in [5, 5.41) is 4.77. The van der Waals surface area contributed by atoms with Crippen molar-refractivity contribution < 1.29 is 13.9 Å². The highest BCUT2D eigenvalue weighted by Gasteiger charge is 2.23. The second-order valence-corrected chi connectivity index (χ2v) is 8.89. The molecule has 0 saturated heterocycles. The number of rotatable bonds is 8. The summed E-state index contributed by atoms with van der Waals surface area (Å²) in [7, 11) is 2.03. The van der Waals surface area contributed by atoms with Crippen LogP contribution in [0.25, 0.3) is 10.9 Å². The molecular formula is C29H25ClN2O3. The number of nitrogens with one attached hydrogen (secondary N) is 1. The van der Waals surface area contributed by atoms with E-state index in [0.29, 0.717) is 29.5 Å². The minimum absolute atomic E-state index is 0.0524. The Morgan fingerprint density at radius 1 is 1.00 bits per heavy atom. The third kappa shape index (κ3) is 5.26. The number of para-hydroxylation sites is 1. The van der Waals surface area contributed by atoms with Gasteiger partial charge < -0.3 is 19.0 Å². The Kier molecular flexibility index (Phi) is 6.59. The van der Waals surface area contributed by atoms with Gasteiger partial charge in [-0.2, -0.15) is 0 Å². The van der Waals surface area contributed by atoms with Crippen LogP contribution in [0.4, 0.5) is 0 Å². The summed E-state index contributed by atoms with van der Waals surface area (Å²) in [6.07, 6.45) is 4.01. The Labute approximate surface area is 208 Å². The molecule has 0 bridgehead atoms. The zero-order valence-electron chi connectivity index (χ0n) is 19.3. The van der Waals surface area contributed by atoms with E-state index in [2.05, 4.69) is 28.2 Å². The minimum atomic E-state index is -0.161. The molecule has 0 fully saturated rings. The van der Waals surface area contributed by atoms with Gasteiger partial charge >= 0.3 is 0 Å². The maximum atomic E-state index is 13.0. The fourth-order valence-corrected chi connectivity index (χ4v) is 4.47. The van der Waals surface area contributed by atoms with Crippen LogP contribution in [0.5, 0.6) is 11.5 Å². The average molecular weight is 485 g/mol. The van der Waals surface area contributed by atoms with Crippen LogP contribution < -0.4 is 10.1 Å². The average Bonchev–Trinajstić information content (AvgIpc) is 3.51. The van der Waals surface area contributed by atoms with Gasteiger partial charge in [-0.3, -0.25) is 4.79 Å². The van der Waals surface area contributed by atoms with Crippen molar-refractivity contribution in [3.05, 3.63) is 119 Å². The topological polar surface area (TPSA) is 56.4 Å². The highest BCUT2D eigenvalue weighted by atomic mass is 35.5. The van der Waals surface area contributed by atoms with E-state index in [1.807, 2.05) is 67.7 Å². The van der Waals surface area contributed by atoms with E-state index in [9.17, 15) is 4.79 Å². The van der Waals surface area contributed by atoms with Crippen molar-refractivity contribution in [1.82, 2.24) is 9.88 Å². The zero-order chi connectivity index (χ0) is 24.2. The number of benzene rings is 3. The van der Waals surface area contributed by atoms with Gasteiger partial charge in [-0.1, -0.05) is 41.9 Å². The van der Waals surface area contributed by atoms with Gasteiger partial charge in [0, 0.05) is 41.5 Å². The number of amides is 1. The molecule has 2 heterocycles. The molecule has 5 aromatic rings. The monoisotopic (exact) mass is 484 g/mol. The summed E-state index contributed by atoms with van der Waals surface area (Å²) in [4.78, 5) is 13.0. The molecule has 2 aromatic heterocycles. The van der Waals surface area contributed by atoms with E-state index in [1.165, 1.54) is 0 Å². The Morgan fingerprint density at radius 3 is 2.63 bits per heavy atom. The molecule has 3 aromatic carbocycles. The fraction of sp³-hybridized carbons (Fsp3) is 0.138. The summed E-state index contributed by atoms with van der Waals surface area (Å²) in [5.74, 6) is 1.91. The van der Waals surface area contributed by atoms with E-state index < -0.39 is 0 Å². The Bertz CT molecular complexity index is 1440. The normalized spacial score (nSPS) is 11.9. The SMILES string of the molecule is Cn1cc(C(CC(=O)NCc2ccco2)c2cccc(Oc3ccc(Cl)cc3)c2)c2ccccc21. The number of nitrogens with zero attached hydrogens (tertiary/aromatic N) is 1. The molecule has 5 nitrogen and oxygen atoms in total. The van der Waals surface area contributed by atoms with Crippen molar-refractivity contribution in [3.8, 4) is 11.5 Å². The number of aryl methyl sites for hydroxylation is 1. The Hall–Kier alpha value is -3.96. The number of furan rings is 1. The van der Waals surface area contributed by atoms with Gasteiger partial charge in [0.2, 0.25) is 5.91 Å². The number of carbonyl (C=O) groups is 1. The summed E-state index contributed by atoms with van der Waals surface area (Å²) < 4.78 is 13.5. The quantitative estimate of drug-likeness (QED) is 0.256. The standard InChI is InChI=1S/C29H25ClN2O3/c1-32-19-27(25-9-2-3-10-28(25)32)26(17-29(33)31-18-24-8-5-15-34-24)20-6-4-7-23(16-20)35-22-13-11-21(30)12-14-22/h2-16,19,26H,17-18H2,1H3,(H,31,33). The van der Waals surface area contributed by atoms with Crippen LogP contribution >= 0.6 is 11.6 Å². The molecule has 0 saturated carbocycles. The minimum Gasteiger partial charge on any atom is -0.467 e. The molecule has 176 valence electrons. The Balaban J connectivity index is 1.47. The molecule has 1 amide bonds. The van der Waals surface area contributed by atoms with Crippen molar-refractivity contribution in [1.29, 1.82) is 0 Å². The van der Waals surface area contributed by atoms with Crippen LogP contribution in [0.1, 0.15) is 29.2 Å². The van der Waals surface area contributed by atoms with Crippen LogP contribution in [0.2, 0.25) is 5.02 Å². The summed E-state index contributed by atoms with van der Waals surface area (Å²) in [5.41, 5.74) is 3.22. The van der Waals surface area contributed by atoms with Crippen molar-refractivity contribution in [3.63, 3.8) is 0 Å². The van der Waals surface area contributed by atoms with Gasteiger partial charge in [0.25, 0.3) is 0 Å². The number of aromatic nitrogens is 1. The maximum Gasteiger partial charge on any atom is 0.221 e. The van der Waals surface area contributed by atoms with Gasteiger partial charge in [0.1, 0.15) is 17.3 Å². The molecule has 6 heteroatoms. The van der Waals surface area contributed by atoms with Crippen LogP contribution in [-0.2, 0) is 18.4 Å². The number of halogens is 1. The summed E-state index contributed by atoms with van der Waals surface area (Å²) in [6.45, 7) is 0.355. The van der Waals surface area contributed by atoms with Crippen molar-refractivity contribution in [2.45, 2.75) is 18.9 Å². The first kappa shape index (κ1) is 22.8. The van der Waals surface area contributed by atoms with Crippen LogP contribution in [0, 0.1) is 0 Å². The molecule has 1 atom stereocenters. The predicted molar refractivity (Wildman–Crippen MR) is 138 cm³/mol.